The standard InChI is InChI=1S/C19H21N5O2.2C2HF3O2/c25-19(16-2-1-6-20-10-16)21-7-3-17-12-23(11-15-5-9-26-14-15)13-18-4-8-22-24(17)18;2*3-2(4,5)1(6)7/h1-2,4-6,8-10,14,17H,3,7,11-13H2,(H,21,25);2*(H,6,7). The number of hydrogen-bond acceptors (Lipinski definition) is 7. The minimum atomic E-state index is -5.08. The summed E-state index contributed by atoms with van der Waals surface area (Å²) in [5.41, 5.74) is 2.95. The number of rotatable bonds is 6. The number of nitrogens with one attached hydrogen (secondary N) is 1. The molecule has 0 fully saturated rings. The SMILES string of the molecule is O=C(NCCC1CN(Cc2ccoc2)Cc2ccnn21)c1cccnc1.O=C(O)C(F)(F)F.O=C(O)C(F)(F)F. The van der Waals surface area contributed by atoms with E-state index in [2.05, 4.69) is 31.0 Å². The molecule has 0 bridgehead atoms. The van der Waals surface area contributed by atoms with E-state index in [1.54, 1.807) is 37.1 Å². The fraction of sp³-hybridized carbons (Fsp3) is 0.348. The Hall–Kier alpha value is -4.41. The summed E-state index contributed by atoms with van der Waals surface area (Å²) in [6.07, 6.45) is -0.772. The van der Waals surface area contributed by atoms with E-state index < -0.39 is 24.3 Å². The number of hydrogen-bond donors (Lipinski definition) is 3. The van der Waals surface area contributed by atoms with Crippen molar-refractivity contribution in [2.24, 2.45) is 0 Å². The molecule has 4 heterocycles. The van der Waals surface area contributed by atoms with Gasteiger partial charge < -0.3 is 19.9 Å². The van der Waals surface area contributed by atoms with Gasteiger partial charge in [0.25, 0.3) is 5.91 Å². The number of carboxylic acid groups (broad SMARTS) is 2. The molecule has 1 atom stereocenters. The molecule has 218 valence electrons. The zero-order valence-electron chi connectivity index (χ0n) is 20.4. The number of halogens is 6. The van der Waals surface area contributed by atoms with Crippen LogP contribution in [0, 0.1) is 0 Å². The van der Waals surface area contributed by atoms with Crippen LogP contribution < -0.4 is 5.32 Å². The van der Waals surface area contributed by atoms with E-state index in [4.69, 9.17) is 24.2 Å². The summed E-state index contributed by atoms with van der Waals surface area (Å²) in [6, 6.07) is 7.81. The Kier molecular flexibility index (Phi) is 11.2. The van der Waals surface area contributed by atoms with Crippen LogP contribution in [-0.2, 0) is 22.7 Å². The van der Waals surface area contributed by atoms with Crippen molar-refractivity contribution in [1.29, 1.82) is 0 Å². The summed E-state index contributed by atoms with van der Waals surface area (Å²) in [4.78, 5) is 36.3. The molecule has 3 aromatic rings. The number of pyridine rings is 1. The Bertz CT molecular complexity index is 1210. The molecule has 1 unspecified atom stereocenters. The number of carbonyl (C=O) groups excluding carboxylic acids is 1. The van der Waals surface area contributed by atoms with Crippen molar-refractivity contribution in [3.63, 3.8) is 0 Å². The molecule has 0 saturated heterocycles. The van der Waals surface area contributed by atoms with E-state index in [-0.39, 0.29) is 11.9 Å². The fourth-order valence-corrected chi connectivity index (χ4v) is 3.39. The number of nitrogens with zero attached hydrogens (tertiary/aromatic N) is 4. The second kappa shape index (κ2) is 14.1. The van der Waals surface area contributed by atoms with E-state index in [9.17, 15) is 31.1 Å². The lowest BCUT2D eigenvalue weighted by Crippen LogP contribution is -2.38. The molecule has 0 aromatic carbocycles. The van der Waals surface area contributed by atoms with Gasteiger partial charge >= 0.3 is 24.3 Å². The highest BCUT2D eigenvalue weighted by Crippen LogP contribution is 2.24. The van der Waals surface area contributed by atoms with E-state index in [1.165, 1.54) is 11.3 Å². The minimum Gasteiger partial charge on any atom is -0.475 e. The highest BCUT2D eigenvalue weighted by molar-refractivity contribution is 5.93. The molecule has 40 heavy (non-hydrogen) atoms. The number of carboxylic acids is 2. The molecule has 17 heteroatoms. The van der Waals surface area contributed by atoms with E-state index in [0.29, 0.717) is 12.1 Å². The topological polar surface area (TPSA) is 151 Å². The van der Waals surface area contributed by atoms with Crippen LogP contribution in [0.2, 0.25) is 0 Å². The maximum absolute atomic E-state index is 12.2. The second-order valence-corrected chi connectivity index (χ2v) is 8.11. The number of aliphatic carboxylic acids is 2. The zero-order chi connectivity index (χ0) is 29.9. The van der Waals surface area contributed by atoms with Crippen molar-refractivity contribution in [1.82, 2.24) is 25.0 Å². The molecule has 11 nitrogen and oxygen atoms in total. The monoisotopic (exact) mass is 579 g/mol. The summed E-state index contributed by atoms with van der Waals surface area (Å²) in [6.45, 7) is 3.20. The number of alkyl halides is 6. The van der Waals surface area contributed by atoms with Gasteiger partial charge in [-0.1, -0.05) is 0 Å². The lowest BCUT2D eigenvalue weighted by Gasteiger charge is -2.33. The van der Waals surface area contributed by atoms with Gasteiger partial charge in [0, 0.05) is 50.3 Å². The predicted octanol–water partition coefficient (Wildman–Crippen LogP) is 3.51. The molecule has 1 aliphatic rings. The van der Waals surface area contributed by atoms with Crippen LogP contribution in [0.1, 0.15) is 34.1 Å². The largest absolute Gasteiger partial charge is 0.490 e. The summed E-state index contributed by atoms with van der Waals surface area (Å²) in [5, 5.41) is 21.7. The average molecular weight is 579 g/mol. The Morgan fingerprint density at radius 1 is 1.02 bits per heavy atom. The third kappa shape index (κ3) is 10.4. The van der Waals surface area contributed by atoms with Gasteiger partial charge in [-0.25, -0.2) is 9.59 Å². The van der Waals surface area contributed by atoms with Gasteiger partial charge in [-0.3, -0.25) is 19.4 Å². The van der Waals surface area contributed by atoms with Crippen LogP contribution in [0.3, 0.4) is 0 Å². The van der Waals surface area contributed by atoms with Gasteiger partial charge in [0.1, 0.15) is 0 Å². The highest BCUT2D eigenvalue weighted by Gasteiger charge is 2.38. The van der Waals surface area contributed by atoms with E-state index >= 15 is 0 Å². The highest BCUT2D eigenvalue weighted by atomic mass is 19.4. The number of fused-ring (bicyclic) bond motifs is 1. The zero-order valence-corrected chi connectivity index (χ0v) is 20.4. The summed E-state index contributed by atoms with van der Waals surface area (Å²) in [5.74, 6) is -5.61. The predicted molar refractivity (Wildman–Crippen MR) is 123 cm³/mol. The van der Waals surface area contributed by atoms with E-state index in [0.717, 1.165) is 26.1 Å². The Morgan fingerprint density at radius 3 is 2.20 bits per heavy atom. The van der Waals surface area contributed by atoms with Gasteiger partial charge in [0.05, 0.1) is 29.8 Å². The molecule has 3 aromatic heterocycles. The van der Waals surface area contributed by atoms with Crippen molar-refractivity contribution in [3.05, 3.63) is 72.2 Å². The van der Waals surface area contributed by atoms with Gasteiger partial charge in [0.2, 0.25) is 0 Å². The maximum Gasteiger partial charge on any atom is 0.490 e. The van der Waals surface area contributed by atoms with Crippen LogP contribution in [0.25, 0.3) is 0 Å². The first kappa shape index (κ1) is 31.8. The fourth-order valence-electron chi connectivity index (χ4n) is 3.39. The van der Waals surface area contributed by atoms with Gasteiger partial charge in [0.15, 0.2) is 0 Å². The van der Waals surface area contributed by atoms with Crippen LogP contribution in [0.4, 0.5) is 26.3 Å². The minimum absolute atomic E-state index is 0.0927. The summed E-state index contributed by atoms with van der Waals surface area (Å²) in [7, 11) is 0. The Balaban J connectivity index is 0.000000333. The van der Waals surface area contributed by atoms with Crippen molar-refractivity contribution < 1.29 is 55.4 Å². The first-order chi connectivity index (χ1) is 18.7. The quantitative estimate of drug-likeness (QED) is 0.373. The van der Waals surface area contributed by atoms with Crippen LogP contribution in [-0.4, -0.2) is 73.2 Å². The molecular weight excluding hydrogens is 556 g/mol. The second-order valence-electron chi connectivity index (χ2n) is 8.11. The third-order valence-electron chi connectivity index (χ3n) is 5.11. The normalized spacial score (nSPS) is 15.0. The summed E-state index contributed by atoms with van der Waals surface area (Å²) >= 11 is 0. The van der Waals surface area contributed by atoms with Crippen LogP contribution in [0.5, 0.6) is 0 Å². The smallest absolute Gasteiger partial charge is 0.475 e. The van der Waals surface area contributed by atoms with Gasteiger partial charge in [-0.05, 0) is 30.7 Å². The molecule has 0 aliphatic carbocycles. The molecular formula is C23H23F6N5O6. The van der Waals surface area contributed by atoms with Crippen molar-refractivity contribution in [3.8, 4) is 0 Å². The van der Waals surface area contributed by atoms with Gasteiger partial charge in [-0.2, -0.15) is 31.4 Å². The number of furan rings is 1. The average Bonchev–Trinajstić information content (AvgIpc) is 3.56. The molecule has 1 aliphatic heterocycles. The van der Waals surface area contributed by atoms with Crippen molar-refractivity contribution >= 4 is 17.8 Å². The first-order valence-corrected chi connectivity index (χ1v) is 11.2. The number of aromatic nitrogens is 3. The molecule has 4 rings (SSSR count). The lowest BCUT2D eigenvalue weighted by molar-refractivity contribution is -0.193. The first-order valence-electron chi connectivity index (χ1n) is 11.2. The Labute approximate surface area is 222 Å². The Morgan fingerprint density at radius 2 is 1.68 bits per heavy atom. The van der Waals surface area contributed by atoms with Crippen molar-refractivity contribution in [2.45, 2.75) is 37.9 Å². The van der Waals surface area contributed by atoms with Crippen LogP contribution in [0.15, 0.2) is 59.8 Å². The number of carbonyl (C=O) groups is 3. The lowest BCUT2D eigenvalue weighted by atomic mass is 10.1. The van der Waals surface area contributed by atoms with Crippen molar-refractivity contribution in [2.75, 3.05) is 13.1 Å². The molecule has 0 radical (unpaired) electrons. The molecule has 0 saturated carbocycles. The molecule has 3 N–H and O–H groups in total. The molecule has 0 spiro atoms. The molecule has 1 amide bonds. The van der Waals surface area contributed by atoms with Crippen LogP contribution >= 0.6 is 0 Å². The van der Waals surface area contributed by atoms with E-state index in [1.807, 2.05) is 12.3 Å². The maximum atomic E-state index is 12.2. The van der Waals surface area contributed by atoms with Gasteiger partial charge in [-0.15, -0.1) is 0 Å². The summed E-state index contributed by atoms with van der Waals surface area (Å²) < 4.78 is 70.7. The third-order valence-corrected chi connectivity index (χ3v) is 5.11. The number of amides is 1.